The molecule has 2 atom stereocenters. The number of piperidine rings is 1. The van der Waals surface area contributed by atoms with Crippen molar-refractivity contribution in [1.82, 2.24) is 21.1 Å². The molecule has 2 aromatic rings. The minimum absolute atomic E-state index is 0.0298. The third kappa shape index (κ3) is 6.09. The maximum atomic E-state index is 13.1. The van der Waals surface area contributed by atoms with E-state index in [4.69, 9.17) is 4.74 Å². The van der Waals surface area contributed by atoms with Gasteiger partial charge < -0.3 is 10.1 Å². The van der Waals surface area contributed by atoms with Crippen molar-refractivity contribution in [3.8, 4) is 5.75 Å². The van der Waals surface area contributed by atoms with Gasteiger partial charge in [0.25, 0.3) is 0 Å². The third-order valence-corrected chi connectivity index (χ3v) is 6.51. The highest BCUT2D eigenvalue weighted by molar-refractivity contribution is 5.80. The van der Waals surface area contributed by atoms with Crippen LogP contribution in [-0.2, 0) is 11.3 Å². The Bertz CT molecular complexity index is 835. The SMILES string of the molecule is CCCCOc1ccc(C2NNCC2C(=O)NC2CCN(Cc3ccccc3)CC2)cc1. The lowest BCUT2D eigenvalue weighted by atomic mass is 9.93. The first-order chi connectivity index (χ1) is 15.7. The zero-order chi connectivity index (χ0) is 22.2. The molecule has 0 bridgehead atoms. The number of likely N-dealkylation sites (tertiary alicyclic amines) is 1. The summed E-state index contributed by atoms with van der Waals surface area (Å²) in [6, 6.07) is 19.0. The van der Waals surface area contributed by atoms with Crippen molar-refractivity contribution < 1.29 is 9.53 Å². The number of nitrogens with zero attached hydrogens (tertiary/aromatic N) is 1. The lowest BCUT2D eigenvalue weighted by molar-refractivity contribution is -0.126. The Hall–Kier alpha value is -2.41. The zero-order valence-electron chi connectivity index (χ0n) is 19.1. The number of carbonyl (C=O) groups is 1. The van der Waals surface area contributed by atoms with Crippen LogP contribution < -0.4 is 20.9 Å². The van der Waals surface area contributed by atoms with Crippen molar-refractivity contribution in [2.45, 2.75) is 51.2 Å². The molecule has 0 saturated carbocycles. The Balaban J connectivity index is 1.26. The third-order valence-electron chi connectivity index (χ3n) is 6.51. The van der Waals surface area contributed by atoms with Crippen LogP contribution in [0.3, 0.4) is 0 Å². The van der Waals surface area contributed by atoms with Crippen molar-refractivity contribution in [3.63, 3.8) is 0 Å². The van der Waals surface area contributed by atoms with Gasteiger partial charge in [-0.2, -0.15) is 0 Å². The second-order valence-corrected chi connectivity index (χ2v) is 8.93. The molecular formula is C26H36N4O2. The molecule has 3 N–H and O–H groups in total. The van der Waals surface area contributed by atoms with Gasteiger partial charge >= 0.3 is 0 Å². The van der Waals surface area contributed by atoms with Crippen molar-refractivity contribution in [2.75, 3.05) is 26.2 Å². The predicted octanol–water partition coefficient (Wildman–Crippen LogP) is 3.41. The van der Waals surface area contributed by atoms with Gasteiger partial charge in [0.2, 0.25) is 5.91 Å². The Morgan fingerprint density at radius 1 is 1.09 bits per heavy atom. The van der Waals surface area contributed by atoms with Crippen LogP contribution in [0.15, 0.2) is 54.6 Å². The molecule has 2 saturated heterocycles. The van der Waals surface area contributed by atoms with E-state index < -0.39 is 0 Å². The molecule has 6 heteroatoms. The van der Waals surface area contributed by atoms with Crippen molar-refractivity contribution in [2.24, 2.45) is 5.92 Å². The first-order valence-corrected chi connectivity index (χ1v) is 12.0. The lowest BCUT2D eigenvalue weighted by Crippen LogP contribution is -2.47. The highest BCUT2D eigenvalue weighted by Crippen LogP contribution is 2.27. The van der Waals surface area contributed by atoms with Gasteiger partial charge in [-0.1, -0.05) is 55.8 Å². The molecule has 2 aromatic carbocycles. The number of hydrogen-bond acceptors (Lipinski definition) is 5. The van der Waals surface area contributed by atoms with Gasteiger partial charge in [-0.15, -0.1) is 0 Å². The van der Waals surface area contributed by atoms with Crippen LogP contribution in [0.2, 0.25) is 0 Å². The zero-order valence-corrected chi connectivity index (χ0v) is 19.1. The molecule has 2 unspecified atom stereocenters. The topological polar surface area (TPSA) is 65.6 Å². The molecule has 0 aliphatic carbocycles. The minimum atomic E-state index is -0.121. The van der Waals surface area contributed by atoms with E-state index in [1.165, 1.54) is 5.56 Å². The van der Waals surface area contributed by atoms with Gasteiger partial charge in [-0.05, 0) is 42.5 Å². The van der Waals surface area contributed by atoms with Gasteiger partial charge in [-0.25, -0.2) is 5.43 Å². The predicted molar refractivity (Wildman–Crippen MR) is 127 cm³/mol. The average molecular weight is 437 g/mol. The smallest absolute Gasteiger partial charge is 0.226 e. The Kier molecular flexibility index (Phi) is 8.15. The van der Waals surface area contributed by atoms with E-state index in [0.29, 0.717) is 6.54 Å². The van der Waals surface area contributed by atoms with Gasteiger partial charge in [-0.3, -0.25) is 15.1 Å². The molecule has 2 aliphatic heterocycles. The summed E-state index contributed by atoms with van der Waals surface area (Å²) in [6.07, 6.45) is 4.18. The molecule has 4 rings (SSSR count). The van der Waals surface area contributed by atoms with Crippen LogP contribution >= 0.6 is 0 Å². The van der Waals surface area contributed by atoms with E-state index in [9.17, 15) is 4.79 Å². The van der Waals surface area contributed by atoms with E-state index in [1.54, 1.807) is 0 Å². The fraction of sp³-hybridized carbons (Fsp3) is 0.500. The quantitative estimate of drug-likeness (QED) is 0.526. The lowest BCUT2D eigenvalue weighted by Gasteiger charge is -2.33. The number of rotatable bonds is 9. The van der Waals surface area contributed by atoms with E-state index in [-0.39, 0.29) is 23.9 Å². The number of amides is 1. The summed E-state index contributed by atoms with van der Waals surface area (Å²) in [5, 5.41) is 3.32. The molecule has 32 heavy (non-hydrogen) atoms. The monoisotopic (exact) mass is 436 g/mol. The molecule has 2 heterocycles. The molecule has 0 aromatic heterocycles. The number of benzene rings is 2. The molecule has 2 aliphatic rings. The van der Waals surface area contributed by atoms with Gasteiger partial charge in [0.1, 0.15) is 5.75 Å². The standard InChI is InChI=1S/C26H36N4O2/c1-2-3-17-32-23-11-9-21(10-12-23)25-24(18-27-29-25)26(31)28-22-13-15-30(16-14-22)19-20-7-5-4-6-8-20/h4-12,22,24-25,27,29H,2-3,13-19H2,1H3,(H,28,31). The summed E-state index contributed by atoms with van der Waals surface area (Å²) in [5.74, 6) is 0.901. The molecular weight excluding hydrogens is 400 g/mol. The number of hydrogen-bond donors (Lipinski definition) is 3. The number of ether oxygens (including phenoxy) is 1. The average Bonchev–Trinajstić information content (AvgIpc) is 3.32. The number of unbranched alkanes of at least 4 members (excludes halogenated alkanes) is 1. The Labute approximate surface area is 191 Å². The molecule has 0 radical (unpaired) electrons. The van der Waals surface area contributed by atoms with Gasteiger partial charge in [0.15, 0.2) is 0 Å². The van der Waals surface area contributed by atoms with Crippen molar-refractivity contribution in [3.05, 3.63) is 65.7 Å². The second-order valence-electron chi connectivity index (χ2n) is 8.93. The highest BCUT2D eigenvalue weighted by Gasteiger charge is 2.35. The van der Waals surface area contributed by atoms with Crippen LogP contribution in [0, 0.1) is 5.92 Å². The summed E-state index contributed by atoms with van der Waals surface area (Å²) in [4.78, 5) is 15.6. The number of hydrazine groups is 1. The normalized spacial score (nSPS) is 22.0. The van der Waals surface area contributed by atoms with Gasteiger partial charge in [0.05, 0.1) is 18.6 Å². The van der Waals surface area contributed by atoms with E-state index in [1.807, 2.05) is 12.1 Å². The van der Waals surface area contributed by atoms with Crippen LogP contribution in [0.5, 0.6) is 5.75 Å². The summed E-state index contributed by atoms with van der Waals surface area (Å²) >= 11 is 0. The first kappa shape index (κ1) is 22.8. The van der Waals surface area contributed by atoms with Crippen LogP contribution in [-0.4, -0.2) is 43.1 Å². The van der Waals surface area contributed by atoms with E-state index in [0.717, 1.165) is 63.2 Å². The van der Waals surface area contributed by atoms with Crippen LogP contribution in [0.4, 0.5) is 0 Å². The van der Waals surface area contributed by atoms with Crippen molar-refractivity contribution >= 4 is 5.91 Å². The first-order valence-electron chi connectivity index (χ1n) is 12.0. The summed E-state index contributed by atoms with van der Waals surface area (Å²) < 4.78 is 5.77. The van der Waals surface area contributed by atoms with Crippen LogP contribution in [0.1, 0.15) is 49.8 Å². The fourth-order valence-corrected chi connectivity index (χ4v) is 4.55. The maximum Gasteiger partial charge on any atom is 0.226 e. The fourth-order valence-electron chi connectivity index (χ4n) is 4.55. The highest BCUT2D eigenvalue weighted by atomic mass is 16.5. The van der Waals surface area contributed by atoms with E-state index in [2.05, 4.69) is 70.5 Å². The summed E-state index contributed by atoms with van der Waals surface area (Å²) in [6.45, 7) is 6.56. The summed E-state index contributed by atoms with van der Waals surface area (Å²) in [5.41, 5.74) is 8.92. The van der Waals surface area contributed by atoms with E-state index >= 15 is 0 Å². The minimum Gasteiger partial charge on any atom is -0.494 e. The second kappa shape index (κ2) is 11.5. The molecule has 1 amide bonds. The maximum absolute atomic E-state index is 13.1. The molecule has 2 fully saturated rings. The van der Waals surface area contributed by atoms with Gasteiger partial charge in [0, 0.05) is 32.2 Å². The molecule has 172 valence electrons. The largest absolute Gasteiger partial charge is 0.494 e. The van der Waals surface area contributed by atoms with Crippen LogP contribution in [0.25, 0.3) is 0 Å². The van der Waals surface area contributed by atoms with Crippen molar-refractivity contribution in [1.29, 1.82) is 0 Å². The Morgan fingerprint density at radius 2 is 1.84 bits per heavy atom. The molecule has 0 spiro atoms. The number of nitrogens with one attached hydrogen (secondary N) is 3. The summed E-state index contributed by atoms with van der Waals surface area (Å²) in [7, 11) is 0. The Morgan fingerprint density at radius 3 is 2.56 bits per heavy atom. The number of carbonyl (C=O) groups excluding carboxylic acids is 1. The molecule has 6 nitrogen and oxygen atoms in total.